The highest BCUT2D eigenvalue weighted by Gasteiger charge is 2.25. The minimum atomic E-state index is -0.532. The van der Waals surface area contributed by atoms with Gasteiger partial charge in [-0.15, -0.1) is 11.3 Å². The van der Waals surface area contributed by atoms with Gasteiger partial charge in [-0.05, 0) is 49.8 Å². The summed E-state index contributed by atoms with van der Waals surface area (Å²) in [4.78, 5) is 25.0. The molecular weight excluding hydrogens is 420 g/mol. The molecule has 0 fully saturated rings. The third-order valence-electron chi connectivity index (χ3n) is 2.79. The molecule has 0 aliphatic carbocycles. The largest absolute Gasteiger partial charge is 0.354 e. The number of carbonyl (C=O) groups is 2. The van der Waals surface area contributed by atoms with Crippen molar-refractivity contribution >= 4 is 55.0 Å². The maximum atomic E-state index is 12.2. The average molecular weight is 440 g/mol. The van der Waals surface area contributed by atoms with Crippen LogP contribution in [0.4, 0.5) is 0 Å². The van der Waals surface area contributed by atoms with E-state index in [9.17, 15) is 9.59 Å². The monoisotopic (exact) mass is 438 g/mol. The van der Waals surface area contributed by atoms with Crippen LogP contribution in [0.2, 0.25) is 0 Å². The topological polar surface area (TPSA) is 58.2 Å². The first-order valence-electron chi connectivity index (χ1n) is 6.75. The molecule has 1 rings (SSSR count). The van der Waals surface area contributed by atoms with Crippen LogP contribution < -0.4 is 10.6 Å². The first-order chi connectivity index (χ1) is 9.72. The smallest absolute Gasteiger partial charge is 0.262 e. The summed E-state index contributed by atoms with van der Waals surface area (Å²) in [5.41, 5.74) is 0. The van der Waals surface area contributed by atoms with Crippen molar-refractivity contribution in [2.75, 3.05) is 6.54 Å². The maximum absolute atomic E-state index is 12.2. The molecule has 0 spiro atoms. The van der Waals surface area contributed by atoms with Crippen LogP contribution in [0, 0.1) is 11.8 Å². The number of thiophene rings is 1. The van der Waals surface area contributed by atoms with Gasteiger partial charge >= 0.3 is 0 Å². The Bertz CT molecular complexity index is 496. The first kappa shape index (κ1) is 18.6. The highest BCUT2D eigenvalue weighted by molar-refractivity contribution is 9.13. The lowest BCUT2D eigenvalue weighted by atomic mass is 10.0. The predicted molar refractivity (Wildman–Crippen MR) is 93.7 cm³/mol. The molecule has 1 atom stereocenters. The number of halogens is 2. The van der Waals surface area contributed by atoms with Gasteiger partial charge in [0.15, 0.2) is 0 Å². The first-order valence-corrected chi connectivity index (χ1v) is 9.16. The van der Waals surface area contributed by atoms with Crippen molar-refractivity contribution in [1.82, 2.24) is 10.6 Å². The molecule has 1 aromatic heterocycles. The van der Waals surface area contributed by atoms with E-state index in [1.54, 1.807) is 6.07 Å². The summed E-state index contributed by atoms with van der Waals surface area (Å²) in [6, 6.07) is 1.21. The summed E-state index contributed by atoms with van der Waals surface area (Å²) in [5, 5.41) is 5.68. The summed E-state index contributed by atoms with van der Waals surface area (Å²) in [5.74, 6) is 0.0289. The number of rotatable bonds is 6. The molecular formula is C14H20Br2N2O2S. The van der Waals surface area contributed by atoms with Gasteiger partial charge in [0.1, 0.15) is 6.04 Å². The lowest BCUT2D eigenvalue weighted by molar-refractivity contribution is -0.124. The Morgan fingerprint density at radius 1 is 1.24 bits per heavy atom. The molecule has 4 nitrogen and oxygen atoms in total. The normalized spacial score (nSPS) is 12.6. The van der Waals surface area contributed by atoms with Crippen LogP contribution in [0.1, 0.15) is 37.4 Å². The van der Waals surface area contributed by atoms with E-state index in [0.717, 1.165) is 8.26 Å². The molecule has 2 N–H and O–H groups in total. The van der Waals surface area contributed by atoms with Crippen LogP contribution in [0.3, 0.4) is 0 Å². The van der Waals surface area contributed by atoms with Gasteiger partial charge < -0.3 is 10.6 Å². The van der Waals surface area contributed by atoms with Gasteiger partial charge in [-0.25, -0.2) is 0 Å². The van der Waals surface area contributed by atoms with Gasteiger partial charge in [-0.1, -0.05) is 27.7 Å². The highest BCUT2D eigenvalue weighted by Crippen LogP contribution is 2.32. The van der Waals surface area contributed by atoms with Crippen molar-refractivity contribution in [2.24, 2.45) is 11.8 Å². The zero-order chi connectivity index (χ0) is 16.2. The van der Waals surface area contributed by atoms with Crippen molar-refractivity contribution in [2.45, 2.75) is 33.7 Å². The predicted octanol–water partition coefficient (Wildman–Crippen LogP) is 3.80. The van der Waals surface area contributed by atoms with E-state index in [1.807, 2.05) is 27.7 Å². The van der Waals surface area contributed by atoms with Crippen LogP contribution in [0.15, 0.2) is 14.3 Å². The van der Waals surface area contributed by atoms with E-state index in [-0.39, 0.29) is 17.7 Å². The Hall–Kier alpha value is -0.400. The van der Waals surface area contributed by atoms with Gasteiger partial charge in [-0.2, -0.15) is 0 Å². The van der Waals surface area contributed by atoms with Gasteiger partial charge in [-0.3, -0.25) is 9.59 Å². The molecule has 0 saturated carbocycles. The molecule has 0 saturated heterocycles. The molecule has 7 heteroatoms. The molecule has 0 bridgehead atoms. The van der Waals surface area contributed by atoms with E-state index < -0.39 is 6.04 Å². The lowest BCUT2D eigenvalue weighted by Crippen LogP contribution is -2.50. The number of carbonyl (C=O) groups excluding carboxylic acids is 2. The van der Waals surface area contributed by atoms with E-state index in [0.29, 0.717) is 17.3 Å². The Morgan fingerprint density at radius 2 is 1.86 bits per heavy atom. The summed E-state index contributed by atoms with van der Waals surface area (Å²) < 4.78 is 1.70. The number of hydrogen-bond acceptors (Lipinski definition) is 3. The van der Waals surface area contributed by atoms with Crippen molar-refractivity contribution in [3.63, 3.8) is 0 Å². The molecule has 0 unspecified atom stereocenters. The zero-order valence-electron chi connectivity index (χ0n) is 12.5. The van der Waals surface area contributed by atoms with E-state index in [2.05, 4.69) is 42.5 Å². The molecule has 2 amide bonds. The van der Waals surface area contributed by atoms with Crippen molar-refractivity contribution in [3.05, 3.63) is 19.2 Å². The molecule has 1 aromatic rings. The fourth-order valence-electron chi connectivity index (χ4n) is 1.62. The second-order valence-electron chi connectivity index (χ2n) is 5.57. The SMILES string of the molecule is CC(C)CNC(=O)[C@@H](NC(=O)c1cc(Br)c(Br)s1)C(C)C. The summed E-state index contributed by atoms with van der Waals surface area (Å²) in [6.45, 7) is 8.50. The third-order valence-corrected chi connectivity index (χ3v) is 6.04. The highest BCUT2D eigenvalue weighted by atomic mass is 79.9. The minimum Gasteiger partial charge on any atom is -0.354 e. The average Bonchev–Trinajstić information content (AvgIpc) is 2.72. The van der Waals surface area contributed by atoms with Crippen molar-refractivity contribution in [1.29, 1.82) is 0 Å². The number of hydrogen-bond donors (Lipinski definition) is 2. The molecule has 0 aliphatic heterocycles. The van der Waals surface area contributed by atoms with Crippen LogP contribution in [0.25, 0.3) is 0 Å². The molecule has 0 aliphatic rings. The van der Waals surface area contributed by atoms with Crippen molar-refractivity contribution < 1.29 is 9.59 Å². The summed E-state index contributed by atoms with van der Waals surface area (Å²) >= 11 is 8.05. The second kappa shape index (κ2) is 8.29. The maximum Gasteiger partial charge on any atom is 0.262 e. The second-order valence-corrected chi connectivity index (χ2v) is 8.79. The number of amides is 2. The molecule has 0 radical (unpaired) electrons. The lowest BCUT2D eigenvalue weighted by Gasteiger charge is -2.22. The summed E-state index contributed by atoms with van der Waals surface area (Å²) in [7, 11) is 0. The third kappa shape index (κ3) is 5.71. The van der Waals surface area contributed by atoms with E-state index in [4.69, 9.17) is 0 Å². The Kier molecular flexibility index (Phi) is 7.36. The Morgan fingerprint density at radius 3 is 2.29 bits per heavy atom. The Labute approximate surface area is 146 Å². The minimum absolute atomic E-state index is 0.0213. The summed E-state index contributed by atoms with van der Waals surface area (Å²) in [6.07, 6.45) is 0. The standard InChI is InChI=1S/C14H20Br2N2O2S/c1-7(2)6-17-14(20)11(8(3)4)18-13(19)10-5-9(15)12(16)21-10/h5,7-8,11H,6H2,1-4H3,(H,17,20)(H,18,19)/t11-/m0/s1. The van der Waals surface area contributed by atoms with Crippen LogP contribution >= 0.6 is 43.2 Å². The quantitative estimate of drug-likeness (QED) is 0.708. The molecule has 0 aromatic carbocycles. The van der Waals surface area contributed by atoms with Gasteiger partial charge in [0.2, 0.25) is 5.91 Å². The van der Waals surface area contributed by atoms with Gasteiger partial charge in [0.05, 0.1) is 8.66 Å². The Balaban J connectivity index is 2.74. The van der Waals surface area contributed by atoms with Gasteiger partial charge in [0, 0.05) is 11.0 Å². The van der Waals surface area contributed by atoms with Crippen LogP contribution in [0.5, 0.6) is 0 Å². The fraction of sp³-hybridized carbons (Fsp3) is 0.571. The number of nitrogens with one attached hydrogen (secondary N) is 2. The molecule has 21 heavy (non-hydrogen) atoms. The van der Waals surface area contributed by atoms with E-state index >= 15 is 0 Å². The van der Waals surface area contributed by atoms with Crippen LogP contribution in [-0.2, 0) is 4.79 Å². The zero-order valence-corrected chi connectivity index (χ0v) is 16.5. The fourth-order valence-corrected chi connectivity index (χ4v) is 3.56. The molecule has 118 valence electrons. The van der Waals surface area contributed by atoms with Crippen molar-refractivity contribution in [3.8, 4) is 0 Å². The van der Waals surface area contributed by atoms with E-state index in [1.165, 1.54) is 11.3 Å². The molecule has 1 heterocycles. The van der Waals surface area contributed by atoms with Crippen LogP contribution in [-0.4, -0.2) is 24.4 Å². The van der Waals surface area contributed by atoms with Gasteiger partial charge in [0.25, 0.3) is 5.91 Å².